The van der Waals surface area contributed by atoms with Crippen LogP contribution in [-0.2, 0) is 16.6 Å². The molecule has 0 saturated heterocycles. The van der Waals surface area contributed by atoms with Gasteiger partial charge in [-0.1, -0.05) is 11.6 Å². The summed E-state index contributed by atoms with van der Waals surface area (Å²) in [6, 6.07) is 4.27. The number of thiazole rings is 1. The Morgan fingerprint density at radius 2 is 2.21 bits per heavy atom. The van der Waals surface area contributed by atoms with Gasteiger partial charge in [-0.05, 0) is 25.1 Å². The van der Waals surface area contributed by atoms with Crippen LogP contribution in [0.5, 0.6) is 0 Å². The number of hydrogen-bond acceptors (Lipinski definition) is 5. The average Bonchev–Trinajstić information content (AvgIpc) is 2.72. The number of anilines is 1. The van der Waals surface area contributed by atoms with Crippen molar-refractivity contribution in [2.75, 3.05) is 5.73 Å². The van der Waals surface area contributed by atoms with E-state index < -0.39 is 10.0 Å². The summed E-state index contributed by atoms with van der Waals surface area (Å²) in [5.41, 5.74) is 6.46. The molecule has 1 aromatic heterocycles. The molecule has 0 amide bonds. The molecule has 19 heavy (non-hydrogen) atoms. The van der Waals surface area contributed by atoms with Crippen molar-refractivity contribution in [3.63, 3.8) is 0 Å². The molecule has 8 heteroatoms. The fourth-order valence-corrected chi connectivity index (χ4v) is 3.40. The van der Waals surface area contributed by atoms with Gasteiger partial charge < -0.3 is 5.73 Å². The molecule has 0 atom stereocenters. The maximum Gasteiger partial charge on any atom is 0.242 e. The van der Waals surface area contributed by atoms with Crippen LogP contribution in [0.4, 0.5) is 5.69 Å². The molecule has 3 N–H and O–H groups in total. The van der Waals surface area contributed by atoms with Crippen LogP contribution in [0.2, 0.25) is 5.02 Å². The Bertz CT molecular complexity index is 698. The van der Waals surface area contributed by atoms with Crippen LogP contribution in [0, 0.1) is 6.92 Å². The summed E-state index contributed by atoms with van der Waals surface area (Å²) < 4.78 is 26.6. The number of aryl methyl sites for hydroxylation is 1. The van der Waals surface area contributed by atoms with Crippen molar-refractivity contribution < 1.29 is 8.42 Å². The van der Waals surface area contributed by atoms with E-state index in [1.807, 2.05) is 12.3 Å². The van der Waals surface area contributed by atoms with Crippen molar-refractivity contribution in [3.8, 4) is 0 Å². The Kier molecular flexibility index (Phi) is 4.10. The molecule has 0 radical (unpaired) electrons. The summed E-state index contributed by atoms with van der Waals surface area (Å²) in [7, 11) is -3.67. The molecule has 0 aliphatic rings. The number of rotatable bonds is 4. The monoisotopic (exact) mass is 317 g/mol. The number of sulfonamides is 1. The topological polar surface area (TPSA) is 85.1 Å². The van der Waals surface area contributed by atoms with Gasteiger partial charge in [0.15, 0.2) is 0 Å². The van der Waals surface area contributed by atoms with E-state index in [1.54, 1.807) is 0 Å². The van der Waals surface area contributed by atoms with E-state index in [2.05, 4.69) is 9.71 Å². The summed E-state index contributed by atoms with van der Waals surface area (Å²) in [4.78, 5) is 4.20. The summed E-state index contributed by atoms with van der Waals surface area (Å²) >= 11 is 7.21. The number of hydrogen-bond donors (Lipinski definition) is 2. The predicted molar refractivity (Wildman–Crippen MR) is 76.7 cm³/mol. The molecule has 2 rings (SSSR count). The Hall–Kier alpha value is -1.15. The van der Waals surface area contributed by atoms with Gasteiger partial charge in [-0.3, -0.25) is 0 Å². The summed E-state index contributed by atoms with van der Waals surface area (Å²) in [6.07, 6.45) is 0. The highest BCUT2D eigenvalue weighted by atomic mass is 35.5. The van der Waals surface area contributed by atoms with Crippen molar-refractivity contribution in [2.45, 2.75) is 18.4 Å². The highest BCUT2D eigenvalue weighted by Crippen LogP contribution is 2.22. The third-order valence-electron chi connectivity index (χ3n) is 2.37. The number of benzene rings is 1. The Labute approximate surface area is 120 Å². The Morgan fingerprint density at radius 1 is 1.47 bits per heavy atom. The fraction of sp³-hybridized carbons (Fsp3) is 0.182. The van der Waals surface area contributed by atoms with Crippen molar-refractivity contribution in [1.82, 2.24) is 9.71 Å². The molecule has 1 aromatic carbocycles. The van der Waals surface area contributed by atoms with Gasteiger partial charge in [-0.15, -0.1) is 11.3 Å². The van der Waals surface area contributed by atoms with E-state index in [1.165, 1.54) is 29.5 Å². The van der Waals surface area contributed by atoms with Crippen LogP contribution in [0.3, 0.4) is 0 Å². The first-order valence-electron chi connectivity index (χ1n) is 5.34. The standard InChI is InChI=1S/C11H12ClN3O2S2/c1-7-15-9(6-18-7)5-14-19(16,17)11-3-2-8(12)4-10(11)13/h2-4,6,14H,5,13H2,1H3. The highest BCUT2D eigenvalue weighted by Gasteiger charge is 2.17. The third kappa shape index (κ3) is 3.44. The fourth-order valence-electron chi connectivity index (χ4n) is 1.50. The second-order valence-electron chi connectivity index (χ2n) is 3.86. The number of aromatic nitrogens is 1. The lowest BCUT2D eigenvalue weighted by Gasteiger charge is -2.08. The van der Waals surface area contributed by atoms with Crippen LogP contribution >= 0.6 is 22.9 Å². The molecule has 1 heterocycles. The number of nitrogen functional groups attached to an aromatic ring is 1. The van der Waals surface area contributed by atoms with Crippen LogP contribution < -0.4 is 10.5 Å². The quantitative estimate of drug-likeness (QED) is 0.846. The molecule has 0 aliphatic heterocycles. The molecular formula is C11H12ClN3O2S2. The first-order chi connectivity index (χ1) is 8.88. The van der Waals surface area contributed by atoms with E-state index in [0.717, 1.165) is 5.01 Å². The van der Waals surface area contributed by atoms with Crippen LogP contribution in [-0.4, -0.2) is 13.4 Å². The van der Waals surface area contributed by atoms with Crippen LogP contribution in [0.15, 0.2) is 28.5 Å². The first kappa shape index (κ1) is 14.3. The van der Waals surface area contributed by atoms with Crippen LogP contribution in [0.1, 0.15) is 10.7 Å². The average molecular weight is 318 g/mol. The number of halogens is 1. The molecule has 5 nitrogen and oxygen atoms in total. The van der Waals surface area contributed by atoms with Gasteiger partial charge in [-0.25, -0.2) is 18.1 Å². The number of nitrogens with one attached hydrogen (secondary N) is 1. The van der Waals surface area contributed by atoms with E-state index >= 15 is 0 Å². The van der Waals surface area contributed by atoms with Gasteiger partial charge in [0, 0.05) is 10.4 Å². The van der Waals surface area contributed by atoms with E-state index in [0.29, 0.717) is 10.7 Å². The third-order valence-corrected chi connectivity index (χ3v) is 4.90. The molecule has 0 spiro atoms. The summed E-state index contributed by atoms with van der Waals surface area (Å²) in [6.45, 7) is 1.99. The molecule has 0 unspecified atom stereocenters. The maximum atomic E-state index is 12.1. The zero-order valence-corrected chi connectivity index (χ0v) is 12.4. The lowest BCUT2D eigenvalue weighted by molar-refractivity contribution is 0.581. The maximum absolute atomic E-state index is 12.1. The smallest absolute Gasteiger partial charge is 0.242 e. The van der Waals surface area contributed by atoms with Gasteiger partial charge in [0.25, 0.3) is 0 Å². The largest absolute Gasteiger partial charge is 0.398 e. The first-order valence-corrected chi connectivity index (χ1v) is 8.08. The van der Waals surface area contributed by atoms with Gasteiger partial charge in [0.05, 0.1) is 22.9 Å². The van der Waals surface area contributed by atoms with Crippen molar-refractivity contribution in [2.24, 2.45) is 0 Å². The van der Waals surface area contributed by atoms with Crippen molar-refractivity contribution in [1.29, 1.82) is 0 Å². The second-order valence-corrected chi connectivity index (χ2v) is 7.10. The number of nitrogens with zero attached hydrogens (tertiary/aromatic N) is 1. The van der Waals surface area contributed by atoms with E-state index in [9.17, 15) is 8.42 Å². The normalized spacial score (nSPS) is 11.7. The second kappa shape index (κ2) is 5.46. The van der Waals surface area contributed by atoms with Gasteiger partial charge in [-0.2, -0.15) is 0 Å². The molecule has 0 fully saturated rings. The minimum absolute atomic E-state index is 0.0175. The highest BCUT2D eigenvalue weighted by molar-refractivity contribution is 7.89. The van der Waals surface area contributed by atoms with Crippen LogP contribution in [0.25, 0.3) is 0 Å². The number of nitrogens with two attached hydrogens (primary N) is 1. The SMILES string of the molecule is Cc1nc(CNS(=O)(=O)c2ccc(Cl)cc2N)cs1. The van der Waals surface area contributed by atoms with Gasteiger partial charge in [0.2, 0.25) is 10.0 Å². The zero-order chi connectivity index (χ0) is 14.0. The van der Waals surface area contributed by atoms with Crippen molar-refractivity contribution in [3.05, 3.63) is 39.3 Å². The van der Waals surface area contributed by atoms with Crippen molar-refractivity contribution >= 4 is 38.6 Å². The predicted octanol–water partition coefficient (Wildman–Crippen LogP) is 2.17. The lowest BCUT2D eigenvalue weighted by atomic mass is 10.3. The minimum atomic E-state index is -3.67. The summed E-state index contributed by atoms with van der Waals surface area (Å²) in [5.74, 6) is 0. The van der Waals surface area contributed by atoms with E-state index in [-0.39, 0.29) is 17.1 Å². The Morgan fingerprint density at radius 3 is 2.79 bits per heavy atom. The molecule has 0 bridgehead atoms. The van der Waals surface area contributed by atoms with Gasteiger partial charge >= 0.3 is 0 Å². The Balaban J connectivity index is 2.18. The zero-order valence-electron chi connectivity index (χ0n) is 10.1. The lowest BCUT2D eigenvalue weighted by Crippen LogP contribution is -2.24. The molecule has 102 valence electrons. The minimum Gasteiger partial charge on any atom is -0.398 e. The molecular weight excluding hydrogens is 306 g/mol. The molecule has 0 saturated carbocycles. The van der Waals surface area contributed by atoms with Gasteiger partial charge in [0.1, 0.15) is 4.90 Å². The van der Waals surface area contributed by atoms with E-state index in [4.69, 9.17) is 17.3 Å². The summed E-state index contributed by atoms with van der Waals surface area (Å²) in [5, 5.41) is 3.09. The molecule has 0 aliphatic carbocycles. The molecule has 2 aromatic rings.